The maximum absolute atomic E-state index is 14.3. The van der Waals surface area contributed by atoms with Gasteiger partial charge in [-0.05, 0) is 72.9 Å². The third-order valence-electron chi connectivity index (χ3n) is 7.86. The number of nitrogens with zero attached hydrogens (tertiary/aromatic N) is 1. The Morgan fingerprint density at radius 3 is 2.38 bits per heavy atom. The van der Waals surface area contributed by atoms with E-state index in [0.29, 0.717) is 17.1 Å². The summed E-state index contributed by atoms with van der Waals surface area (Å²) in [6.07, 6.45) is 8.07. The van der Waals surface area contributed by atoms with Crippen molar-refractivity contribution in [2.45, 2.75) is 63.1 Å². The molecule has 1 heterocycles. The van der Waals surface area contributed by atoms with E-state index in [1.165, 1.54) is 36.8 Å². The quantitative estimate of drug-likeness (QED) is 0.168. The van der Waals surface area contributed by atoms with Crippen LogP contribution in [-0.2, 0) is 0 Å². The Hall–Kier alpha value is -2.75. The fraction of sp³-hybridized carbons (Fsp3) is 0.355. The fourth-order valence-electron chi connectivity index (χ4n) is 5.78. The standard InChI is InChI=1S/C31H32Cl3F2N5O/c32-22-10-6-7-19(13-22)28-18-31(41-40-28,21-8-4-2-1-3-5-9-21)39-30(37-25-16-23(33)15-24(35)17-25)38-29(42)20-11-12-26(34)27(36)14-20/h6-7,10-17,21,28,40-41H,1-5,8-9,18H2,(H2,37,38,39,42). The number of hydrogen-bond donors (Lipinski definition) is 4. The number of benzene rings is 3. The molecule has 2 unspecified atom stereocenters. The third kappa shape index (κ3) is 7.60. The SMILES string of the molecule is O=C(NC(=NC1(C2CCCCCCC2)CC(c2cccc(Cl)c2)NN1)Nc1cc(F)cc(Cl)c1)c1ccc(Cl)c(F)c1. The molecule has 222 valence electrons. The van der Waals surface area contributed by atoms with Crippen molar-refractivity contribution in [1.82, 2.24) is 16.2 Å². The van der Waals surface area contributed by atoms with Gasteiger partial charge in [0.05, 0.1) is 5.02 Å². The second kappa shape index (κ2) is 13.7. The number of rotatable bonds is 5. The molecule has 2 fully saturated rings. The lowest BCUT2D eigenvalue weighted by molar-refractivity contribution is 0.0975. The van der Waals surface area contributed by atoms with Crippen molar-refractivity contribution in [2.24, 2.45) is 10.9 Å². The van der Waals surface area contributed by atoms with Gasteiger partial charge < -0.3 is 5.32 Å². The number of guanidine groups is 1. The first kappa shape index (κ1) is 30.7. The molecule has 5 rings (SSSR count). The molecule has 3 aromatic rings. The average molecular weight is 635 g/mol. The van der Waals surface area contributed by atoms with Crippen LogP contribution in [0, 0.1) is 17.6 Å². The van der Waals surface area contributed by atoms with Crippen LogP contribution in [0.4, 0.5) is 14.5 Å². The zero-order valence-electron chi connectivity index (χ0n) is 22.8. The fourth-order valence-corrected chi connectivity index (χ4v) is 6.32. The van der Waals surface area contributed by atoms with E-state index < -0.39 is 23.2 Å². The molecule has 1 saturated carbocycles. The van der Waals surface area contributed by atoms with Gasteiger partial charge in [-0.1, -0.05) is 79.0 Å². The van der Waals surface area contributed by atoms with E-state index in [2.05, 4.69) is 21.5 Å². The Bertz CT molecular complexity index is 1440. The highest BCUT2D eigenvalue weighted by Gasteiger charge is 2.45. The van der Waals surface area contributed by atoms with E-state index in [4.69, 9.17) is 39.8 Å². The molecule has 4 N–H and O–H groups in total. The Morgan fingerprint density at radius 1 is 0.905 bits per heavy atom. The number of anilines is 1. The van der Waals surface area contributed by atoms with Gasteiger partial charge in [0.25, 0.3) is 5.91 Å². The molecular formula is C31H32Cl3F2N5O. The van der Waals surface area contributed by atoms with E-state index >= 15 is 0 Å². The summed E-state index contributed by atoms with van der Waals surface area (Å²) < 4.78 is 28.5. The van der Waals surface area contributed by atoms with Crippen LogP contribution in [0.25, 0.3) is 0 Å². The summed E-state index contributed by atoms with van der Waals surface area (Å²) in [5.74, 6) is -1.67. The second-order valence-electron chi connectivity index (χ2n) is 10.9. The number of hydrazine groups is 1. The summed E-state index contributed by atoms with van der Waals surface area (Å²) in [4.78, 5) is 18.5. The van der Waals surface area contributed by atoms with E-state index in [9.17, 15) is 13.6 Å². The molecule has 0 spiro atoms. The van der Waals surface area contributed by atoms with Gasteiger partial charge in [-0.2, -0.15) is 0 Å². The van der Waals surface area contributed by atoms with Crippen molar-refractivity contribution >= 4 is 52.4 Å². The van der Waals surface area contributed by atoms with Crippen LogP contribution in [0.1, 0.15) is 73.3 Å². The Morgan fingerprint density at radius 2 is 1.67 bits per heavy atom. The van der Waals surface area contributed by atoms with Gasteiger partial charge in [-0.3, -0.25) is 10.1 Å². The Balaban J connectivity index is 1.54. The van der Waals surface area contributed by atoms with Crippen molar-refractivity contribution in [3.8, 4) is 0 Å². The van der Waals surface area contributed by atoms with Gasteiger partial charge in [0.1, 0.15) is 17.3 Å². The monoisotopic (exact) mass is 633 g/mol. The molecule has 2 aliphatic rings. The second-order valence-corrected chi connectivity index (χ2v) is 12.2. The predicted molar refractivity (Wildman–Crippen MR) is 165 cm³/mol. The number of nitrogens with one attached hydrogen (secondary N) is 4. The van der Waals surface area contributed by atoms with Gasteiger partial charge in [-0.25, -0.2) is 24.6 Å². The molecule has 42 heavy (non-hydrogen) atoms. The highest BCUT2D eigenvalue weighted by molar-refractivity contribution is 6.31. The van der Waals surface area contributed by atoms with Crippen molar-refractivity contribution in [2.75, 3.05) is 5.32 Å². The molecule has 1 aliphatic carbocycles. The summed E-state index contributed by atoms with van der Waals surface area (Å²) in [5, 5.41) is 6.56. The molecule has 1 amide bonds. The van der Waals surface area contributed by atoms with Gasteiger partial charge >= 0.3 is 0 Å². The van der Waals surface area contributed by atoms with Crippen molar-refractivity contribution in [3.63, 3.8) is 0 Å². The molecule has 1 saturated heterocycles. The zero-order chi connectivity index (χ0) is 29.7. The molecule has 0 radical (unpaired) electrons. The number of halogens is 5. The molecule has 1 aliphatic heterocycles. The van der Waals surface area contributed by atoms with Gasteiger partial charge in [0.2, 0.25) is 5.96 Å². The minimum atomic E-state index is -0.831. The molecule has 11 heteroatoms. The topological polar surface area (TPSA) is 77.5 Å². The normalized spacial score (nSPS) is 21.9. The van der Waals surface area contributed by atoms with Gasteiger partial charge in [-0.15, -0.1) is 0 Å². The lowest BCUT2D eigenvalue weighted by Gasteiger charge is -2.36. The van der Waals surface area contributed by atoms with E-state index in [1.807, 2.05) is 24.3 Å². The van der Waals surface area contributed by atoms with E-state index in [0.717, 1.165) is 50.2 Å². The third-order valence-corrected chi connectivity index (χ3v) is 8.62. The maximum atomic E-state index is 14.3. The first-order valence-corrected chi connectivity index (χ1v) is 15.2. The number of carbonyl (C=O) groups excluding carboxylic acids is 1. The van der Waals surface area contributed by atoms with Crippen LogP contribution in [0.5, 0.6) is 0 Å². The Labute approximate surface area is 259 Å². The van der Waals surface area contributed by atoms with Crippen LogP contribution in [0.15, 0.2) is 65.7 Å². The van der Waals surface area contributed by atoms with Crippen LogP contribution in [-0.4, -0.2) is 17.5 Å². The first-order chi connectivity index (χ1) is 20.2. The van der Waals surface area contributed by atoms with Crippen LogP contribution in [0.3, 0.4) is 0 Å². The van der Waals surface area contributed by atoms with Crippen LogP contribution < -0.4 is 21.5 Å². The molecule has 0 aromatic heterocycles. The summed E-state index contributed by atoms with van der Waals surface area (Å²) >= 11 is 18.3. The minimum Gasteiger partial charge on any atom is -0.326 e. The lowest BCUT2D eigenvalue weighted by atomic mass is 9.79. The Kier molecular flexibility index (Phi) is 10.0. The van der Waals surface area contributed by atoms with Crippen molar-refractivity contribution < 1.29 is 13.6 Å². The molecule has 3 aromatic carbocycles. The summed E-state index contributed by atoms with van der Waals surface area (Å²) in [7, 11) is 0. The number of amides is 1. The van der Waals surface area contributed by atoms with E-state index in [-0.39, 0.29) is 33.5 Å². The maximum Gasteiger partial charge on any atom is 0.258 e. The minimum absolute atomic E-state index is 0.0537. The van der Waals surface area contributed by atoms with Crippen LogP contribution >= 0.6 is 34.8 Å². The summed E-state index contributed by atoms with van der Waals surface area (Å²) in [5.41, 5.74) is 7.41. The number of hydrogen-bond acceptors (Lipinski definition) is 4. The zero-order valence-corrected chi connectivity index (χ0v) is 25.1. The molecule has 0 bridgehead atoms. The summed E-state index contributed by atoms with van der Waals surface area (Å²) in [6.45, 7) is 0. The van der Waals surface area contributed by atoms with Crippen molar-refractivity contribution in [3.05, 3.63) is 98.5 Å². The summed E-state index contributed by atoms with van der Waals surface area (Å²) in [6, 6.07) is 15.3. The number of aliphatic imine (C=N–C) groups is 1. The smallest absolute Gasteiger partial charge is 0.258 e. The molecule has 6 nitrogen and oxygen atoms in total. The predicted octanol–water partition coefficient (Wildman–Crippen LogP) is 8.42. The van der Waals surface area contributed by atoms with Crippen molar-refractivity contribution in [1.29, 1.82) is 0 Å². The molecule has 2 atom stereocenters. The molecular weight excluding hydrogens is 603 g/mol. The number of carbonyl (C=O) groups is 1. The first-order valence-electron chi connectivity index (χ1n) is 14.1. The van der Waals surface area contributed by atoms with Crippen LogP contribution in [0.2, 0.25) is 15.1 Å². The highest BCUT2D eigenvalue weighted by Crippen LogP contribution is 2.41. The van der Waals surface area contributed by atoms with E-state index in [1.54, 1.807) is 0 Å². The van der Waals surface area contributed by atoms with Gasteiger partial charge in [0, 0.05) is 33.8 Å². The lowest BCUT2D eigenvalue weighted by Crippen LogP contribution is -2.51. The highest BCUT2D eigenvalue weighted by atomic mass is 35.5. The average Bonchev–Trinajstić information content (AvgIpc) is 3.34. The van der Waals surface area contributed by atoms with Gasteiger partial charge in [0.15, 0.2) is 0 Å². The largest absolute Gasteiger partial charge is 0.326 e.